The number of aliphatic hydroxyl groups is 1. The Bertz CT molecular complexity index is 673. The smallest absolute Gasteiger partial charge is 0.268 e. The molecule has 2 amide bonds. The molecule has 1 aliphatic heterocycles. The van der Waals surface area contributed by atoms with Gasteiger partial charge in [-0.15, -0.1) is 0 Å². The molecule has 7 heteroatoms. The highest BCUT2D eigenvalue weighted by Crippen LogP contribution is 2.35. The maximum Gasteiger partial charge on any atom is 0.268 e. The third-order valence-corrected chi connectivity index (χ3v) is 4.12. The Hall–Kier alpha value is -2.41. The average Bonchev–Trinajstić information content (AvgIpc) is 2.58. The monoisotopic (exact) mass is 348 g/mol. The molecule has 136 valence electrons. The number of hydrogen-bond acceptors (Lipinski definition) is 5. The molecule has 25 heavy (non-hydrogen) atoms. The molecule has 1 heterocycles. The van der Waals surface area contributed by atoms with E-state index in [4.69, 9.17) is 9.84 Å². The number of amides is 2. The predicted octanol–water partition coefficient (Wildman–Crippen LogP) is 1.23. The number of nitrogens with zero attached hydrogens (tertiary/aromatic N) is 2. The van der Waals surface area contributed by atoms with Gasteiger partial charge in [-0.1, -0.05) is 6.92 Å². The van der Waals surface area contributed by atoms with Crippen LogP contribution in [0.4, 0.5) is 5.69 Å². The zero-order valence-corrected chi connectivity index (χ0v) is 14.8. The summed E-state index contributed by atoms with van der Waals surface area (Å²) in [5, 5.41) is 8.96. The van der Waals surface area contributed by atoms with Gasteiger partial charge in [-0.2, -0.15) is 0 Å². The summed E-state index contributed by atoms with van der Waals surface area (Å²) in [6.07, 6.45) is 0.444. The fourth-order valence-electron chi connectivity index (χ4n) is 2.65. The molecule has 1 N–H and O–H groups in total. The van der Waals surface area contributed by atoms with Gasteiger partial charge < -0.3 is 14.7 Å². The van der Waals surface area contributed by atoms with E-state index in [2.05, 4.69) is 0 Å². The number of Topliss-reactive ketones (excluding diaryl/α,β-unsaturated/α-hetero) is 1. The van der Waals surface area contributed by atoms with Crippen LogP contribution in [0.2, 0.25) is 0 Å². The number of ketones is 1. The first-order chi connectivity index (χ1) is 11.9. The highest BCUT2D eigenvalue weighted by molar-refractivity contribution is 6.05. The summed E-state index contributed by atoms with van der Waals surface area (Å²) in [7, 11) is 1.56. The van der Waals surface area contributed by atoms with Crippen molar-refractivity contribution in [2.45, 2.75) is 32.8 Å². The molecule has 1 aliphatic rings. The van der Waals surface area contributed by atoms with Crippen molar-refractivity contribution in [3.63, 3.8) is 0 Å². The van der Waals surface area contributed by atoms with Crippen LogP contribution in [-0.4, -0.2) is 60.5 Å². The first-order valence-corrected chi connectivity index (χ1v) is 8.39. The number of fused-ring (bicyclic) bond motifs is 1. The van der Waals surface area contributed by atoms with Crippen molar-refractivity contribution in [3.8, 4) is 5.75 Å². The minimum Gasteiger partial charge on any atom is -0.479 e. The van der Waals surface area contributed by atoms with Crippen LogP contribution in [0.25, 0.3) is 0 Å². The van der Waals surface area contributed by atoms with Gasteiger partial charge in [0, 0.05) is 25.6 Å². The summed E-state index contributed by atoms with van der Waals surface area (Å²) >= 11 is 0. The van der Waals surface area contributed by atoms with Gasteiger partial charge in [-0.25, -0.2) is 0 Å². The zero-order valence-electron chi connectivity index (χ0n) is 14.8. The molecule has 0 radical (unpaired) electrons. The van der Waals surface area contributed by atoms with Crippen molar-refractivity contribution in [1.29, 1.82) is 0 Å². The van der Waals surface area contributed by atoms with E-state index in [1.807, 2.05) is 6.92 Å². The topological polar surface area (TPSA) is 87.2 Å². The largest absolute Gasteiger partial charge is 0.479 e. The molecule has 0 fully saturated rings. The van der Waals surface area contributed by atoms with Gasteiger partial charge in [-0.05, 0) is 31.5 Å². The lowest BCUT2D eigenvalue weighted by atomic mass is 10.0. The molecule has 1 unspecified atom stereocenters. The van der Waals surface area contributed by atoms with Crippen LogP contribution in [0, 0.1) is 0 Å². The fraction of sp³-hybridized carbons (Fsp3) is 0.500. The second-order valence-corrected chi connectivity index (χ2v) is 6.08. The second-order valence-electron chi connectivity index (χ2n) is 6.08. The minimum atomic E-state index is -0.708. The number of likely N-dealkylation sites (N-methyl/N-ethyl adjacent to an activating group) is 1. The number of carbonyl (C=O) groups excluding carboxylic acids is 3. The Labute approximate surface area is 147 Å². The standard InChI is InChI=1S/C18H24N2O5/c1-4-5-15(22)13-6-7-16-14(10-13)20(18(24)12(2)25-16)11-17(23)19(3)8-9-21/h6-7,10,12,21H,4-5,8-9,11H2,1-3H3. The quantitative estimate of drug-likeness (QED) is 0.749. The lowest BCUT2D eigenvalue weighted by Gasteiger charge is -2.33. The van der Waals surface area contributed by atoms with E-state index in [9.17, 15) is 14.4 Å². The van der Waals surface area contributed by atoms with Crippen molar-refractivity contribution in [2.24, 2.45) is 0 Å². The zero-order chi connectivity index (χ0) is 18.6. The molecule has 7 nitrogen and oxygen atoms in total. The summed E-state index contributed by atoms with van der Waals surface area (Å²) in [4.78, 5) is 39.7. The van der Waals surface area contributed by atoms with E-state index in [-0.39, 0.29) is 37.3 Å². The maximum absolute atomic E-state index is 12.5. The van der Waals surface area contributed by atoms with Crippen LogP contribution >= 0.6 is 0 Å². The van der Waals surface area contributed by atoms with Gasteiger partial charge in [0.2, 0.25) is 5.91 Å². The molecule has 0 saturated heterocycles. The SMILES string of the molecule is CCCC(=O)c1ccc2c(c1)N(CC(=O)N(C)CCO)C(=O)C(C)O2. The molecule has 1 atom stereocenters. The predicted molar refractivity (Wildman–Crippen MR) is 92.8 cm³/mol. The third kappa shape index (κ3) is 4.17. The van der Waals surface area contributed by atoms with E-state index in [0.29, 0.717) is 23.4 Å². The minimum absolute atomic E-state index is 0.0138. The Balaban J connectivity index is 2.33. The Morgan fingerprint density at radius 3 is 2.72 bits per heavy atom. The second kappa shape index (κ2) is 8.11. The van der Waals surface area contributed by atoms with Crippen molar-refractivity contribution in [3.05, 3.63) is 23.8 Å². The van der Waals surface area contributed by atoms with Crippen molar-refractivity contribution in [1.82, 2.24) is 4.90 Å². The van der Waals surface area contributed by atoms with Crippen LogP contribution in [0.5, 0.6) is 5.75 Å². The van der Waals surface area contributed by atoms with Gasteiger partial charge in [0.1, 0.15) is 12.3 Å². The molecular formula is C18H24N2O5. The number of anilines is 1. The summed E-state index contributed by atoms with van der Waals surface area (Å²) in [5.74, 6) is -0.177. The normalized spacial score (nSPS) is 16.2. The summed E-state index contributed by atoms with van der Waals surface area (Å²) in [5.41, 5.74) is 0.920. The van der Waals surface area contributed by atoms with Crippen molar-refractivity contribution >= 4 is 23.3 Å². The molecule has 2 rings (SSSR count). The van der Waals surface area contributed by atoms with Crippen LogP contribution < -0.4 is 9.64 Å². The summed E-state index contributed by atoms with van der Waals surface area (Å²) in [6, 6.07) is 4.95. The molecule has 0 aliphatic carbocycles. The lowest BCUT2D eigenvalue weighted by Crippen LogP contribution is -2.49. The lowest BCUT2D eigenvalue weighted by molar-refractivity contribution is -0.132. The van der Waals surface area contributed by atoms with Gasteiger partial charge in [0.05, 0.1) is 12.3 Å². The first kappa shape index (κ1) is 18.9. The molecular weight excluding hydrogens is 324 g/mol. The number of rotatable bonds is 7. The van der Waals surface area contributed by atoms with Gasteiger partial charge in [0.15, 0.2) is 11.9 Å². The molecule has 0 saturated carbocycles. The maximum atomic E-state index is 12.5. The first-order valence-electron chi connectivity index (χ1n) is 8.39. The number of hydrogen-bond donors (Lipinski definition) is 1. The fourth-order valence-corrected chi connectivity index (χ4v) is 2.65. The van der Waals surface area contributed by atoms with Crippen molar-refractivity contribution in [2.75, 3.05) is 31.6 Å². The van der Waals surface area contributed by atoms with Crippen LogP contribution in [0.15, 0.2) is 18.2 Å². The van der Waals surface area contributed by atoms with Crippen LogP contribution in [0.1, 0.15) is 37.0 Å². The van der Waals surface area contributed by atoms with E-state index in [0.717, 1.165) is 6.42 Å². The van der Waals surface area contributed by atoms with E-state index >= 15 is 0 Å². The Kier molecular flexibility index (Phi) is 6.14. The molecule has 1 aromatic carbocycles. The molecule has 1 aromatic rings. The number of benzene rings is 1. The van der Waals surface area contributed by atoms with Crippen LogP contribution in [-0.2, 0) is 9.59 Å². The van der Waals surface area contributed by atoms with E-state index in [1.165, 1.54) is 9.80 Å². The molecule has 0 aromatic heterocycles. The third-order valence-electron chi connectivity index (χ3n) is 4.12. The summed E-state index contributed by atoms with van der Waals surface area (Å²) < 4.78 is 5.59. The van der Waals surface area contributed by atoms with Gasteiger partial charge >= 0.3 is 0 Å². The Morgan fingerprint density at radius 1 is 1.36 bits per heavy atom. The van der Waals surface area contributed by atoms with Gasteiger partial charge in [0.25, 0.3) is 5.91 Å². The highest BCUT2D eigenvalue weighted by atomic mass is 16.5. The summed E-state index contributed by atoms with van der Waals surface area (Å²) in [6.45, 7) is 3.42. The molecule has 0 spiro atoms. The number of ether oxygens (including phenoxy) is 1. The van der Waals surface area contributed by atoms with Crippen molar-refractivity contribution < 1.29 is 24.2 Å². The average molecular weight is 348 g/mol. The van der Waals surface area contributed by atoms with Crippen LogP contribution in [0.3, 0.4) is 0 Å². The number of aliphatic hydroxyl groups excluding tert-OH is 1. The van der Waals surface area contributed by atoms with Gasteiger partial charge in [-0.3, -0.25) is 19.3 Å². The van der Waals surface area contributed by atoms with E-state index < -0.39 is 6.10 Å². The van der Waals surface area contributed by atoms with E-state index in [1.54, 1.807) is 32.2 Å². The number of carbonyl (C=O) groups is 3. The Morgan fingerprint density at radius 2 is 2.08 bits per heavy atom. The molecule has 0 bridgehead atoms. The highest BCUT2D eigenvalue weighted by Gasteiger charge is 2.33.